The van der Waals surface area contributed by atoms with Gasteiger partial charge in [0.2, 0.25) is 0 Å². The third kappa shape index (κ3) is 3.96. The van der Waals surface area contributed by atoms with Crippen molar-refractivity contribution in [2.45, 2.75) is 50.9 Å². The third-order valence-electron chi connectivity index (χ3n) is 3.55. The normalized spacial score (nSPS) is 35.5. The van der Waals surface area contributed by atoms with Gasteiger partial charge in [0, 0.05) is 0 Å². The average molecular weight is 258 g/mol. The van der Waals surface area contributed by atoms with Crippen LogP contribution in [0.3, 0.4) is 0 Å². The summed E-state index contributed by atoms with van der Waals surface area (Å²) in [6, 6.07) is 0. The predicted octanol–water partition coefficient (Wildman–Crippen LogP) is -1.89. The third-order valence-corrected chi connectivity index (χ3v) is 4.76. The smallest absolute Gasteiger partial charge is 0.748 e. The van der Waals surface area contributed by atoms with Crippen LogP contribution in [-0.4, -0.2) is 29.4 Å². The van der Waals surface area contributed by atoms with Gasteiger partial charge in [0.1, 0.15) is 0 Å². The van der Waals surface area contributed by atoms with Gasteiger partial charge in [-0.2, -0.15) is 0 Å². The van der Waals surface area contributed by atoms with E-state index in [-0.39, 0.29) is 41.4 Å². The molecule has 0 heterocycles. The second kappa shape index (κ2) is 6.71. The molecule has 0 amide bonds. The molecule has 2 unspecified atom stereocenters. The van der Waals surface area contributed by atoms with Crippen LogP contribution in [0.25, 0.3) is 0 Å². The quantitative estimate of drug-likeness (QED) is 0.474. The van der Waals surface area contributed by atoms with Gasteiger partial charge in [-0.1, -0.05) is 26.7 Å². The summed E-state index contributed by atoms with van der Waals surface area (Å²) in [7, 11) is -4.20. The summed E-state index contributed by atoms with van der Waals surface area (Å²) in [5.41, 5.74) is 0. The van der Waals surface area contributed by atoms with Crippen LogP contribution in [0.1, 0.15) is 39.5 Å². The zero-order chi connectivity index (χ0) is 11.6. The van der Waals surface area contributed by atoms with Gasteiger partial charge in [-0.3, -0.25) is 0 Å². The van der Waals surface area contributed by atoms with Gasteiger partial charge in [-0.25, -0.2) is 8.42 Å². The molecule has 0 spiro atoms. The van der Waals surface area contributed by atoms with Crippen molar-refractivity contribution in [3.8, 4) is 0 Å². The minimum absolute atomic E-state index is 0. The predicted molar refractivity (Wildman–Crippen MR) is 56.3 cm³/mol. The second-order valence-corrected chi connectivity index (χ2v) is 6.07. The first kappa shape index (κ1) is 16.9. The van der Waals surface area contributed by atoms with Crippen molar-refractivity contribution < 1.29 is 47.6 Å². The molecular formula is C10H19NaO4S. The molecule has 16 heavy (non-hydrogen) atoms. The largest absolute Gasteiger partial charge is 1.00 e. The Labute approximate surface area is 120 Å². The summed E-state index contributed by atoms with van der Waals surface area (Å²) in [4.78, 5) is 0. The summed E-state index contributed by atoms with van der Waals surface area (Å²) in [5, 5.41) is 9.12. The van der Waals surface area contributed by atoms with Crippen LogP contribution in [0.15, 0.2) is 0 Å². The number of rotatable bonds is 3. The van der Waals surface area contributed by atoms with E-state index >= 15 is 0 Å². The van der Waals surface area contributed by atoms with Crippen LogP contribution in [0.4, 0.5) is 0 Å². The van der Waals surface area contributed by atoms with Gasteiger partial charge in [-0.15, -0.1) is 0 Å². The minimum atomic E-state index is -4.20. The number of hydrogen-bond acceptors (Lipinski definition) is 4. The molecule has 1 saturated carbocycles. The van der Waals surface area contributed by atoms with Crippen molar-refractivity contribution in [1.82, 2.24) is 0 Å². The molecule has 0 bridgehead atoms. The zero-order valence-corrected chi connectivity index (χ0v) is 13.0. The molecule has 1 rings (SSSR count). The van der Waals surface area contributed by atoms with Crippen molar-refractivity contribution in [1.29, 1.82) is 0 Å². The monoisotopic (exact) mass is 258 g/mol. The standard InChI is InChI=1S/C10H20O4S.Na/c1-3-7-5-9(15(12,13)14)6-8(4-2)10(7)11;/h7-11H,3-6H2,1-2H3,(H,12,13,14);/q;+1/p-1. The molecule has 0 radical (unpaired) electrons. The second-order valence-electron chi connectivity index (χ2n) is 4.41. The van der Waals surface area contributed by atoms with E-state index in [2.05, 4.69) is 0 Å². The fraction of sp³-hybridized carbons (Fsp3) is 1.00. The van der Waals surface area contributed by atoms with Crippen LogP contribution in [0.2, 0.25) is 0 Å². The molecule has 90 valence electrons. The first-order valence-electron chi connectivity index (χ1n) is 5.52. The first-order valence-corrected chi connectivity index (χ1v) is 7.00. The van der Waals surface area contributed by atoms with Gasteiger partial charge in [0.05, 0.1) is 21.5 Å². The van der Waals surface area contributed by atoms with Crippen molar-refractivity contribution in [2.75, 3.05) is 0 Å². The SMILES string of the molecule is CCC1CC(S(=O)(=O)[O-])CC(CC)C1O.[Na+]. The van der Waals surface area contributed by atoms with Crippen molar-refractivity contribution in [3.63, 3.8) is 0 Å². The fourth-order valence-corrected chi connectivity index (χ4v) is 3.45. The van der Waals surface area contributed by atoms with E-state index < -0.39 is 21.5 Å². The van der Waals surface area contributed by atoms with Gasteiger partial charge in [-0.05, 0) is 24.7 Å². The summed E-state index contributed by atoms with van der Waals surface area (Å²) in [6.07, 6.45) is 1.64. The molecule has 0 aromatic carbocycles. The van der Waals surface area contributed by atoms with E-state index in [1.54, 1.807) is 0 Å². The Morgan fingerprint density at radius 3 is 1.81 bits per heavy atom. The molecule has 1 N–H and O–H groups in total. The maximum atomic E-state index is 11.0. The molecule has 1 aliphatic rings. The van der Waals surface area contributed by atoms with Crippen molar-refractivity contribution in [3.05, 3.63) is 0 Å². The Bertz CT molecular complexity index is 290. The number of aliphatic hydroxyl groups excluding tert-OH is 1. The first-order chi connectivity index (χ1) is 6.90. The maximum absolute atomic E-state index is 11.0. The van der Waals surface area contributed by atoms with E-state index in [1.165, 1.54) is 0 Å². The van der Waals surface area contributed by atoms with Gasteiger partial charge >= 0.3 is 29.6 Å². The average Bonchev–Trinajstić information content (AvgIpc) is 2.16. The Morgan fingerprint density at radius 1 is 1.19 bits per heavy atom. The number of aliphatic hydroxyl groups is 1. The molecule has 0 aromatic heterocycles. The van der Waals surface area contributed by atoms with E-state index in [0.29, 0.717) is 12.8 Å². The summed E-state index contributed by atoms with van der Waals surface area (Å²) in [5.74, 6) is -0.0881. The van der Waals surface area contributed by atoms with Crippen LogP contribution in [-0.2, 0) is 10.1 Å². The van der Waals surface area contributed by atoms with E-state index in [9.17, 15) is 18.1 Å². The van der Waals surface area contributed by atoms with E-state index in [1.807, 2.05) is 13.8 Å². The summed E-state index contributed by atoms with van der Waals surface area (Å²) >= 11 is 0. The van der Waals surface area contributed by atoms with Gasteiger partial charge < -0.3 is 9.66 Å². The molecule has 0 aromatic rings. The molecule has 1 aliphatic carbocycles. The fourth-order valence-electron chi connectivity index (χ4n) is 2.49. The Kier molecular flexibility index (Phi) is 7.07. The summed E-state index contributed by atoms with van der Waals surface area (Å²) in [6.45, 7) is 3.83. The van der Waals surface area contributed by atoms with Crippen LogP contribution in [0.5, 0.6) is 0 Å². The molecule has 2 atom stereocenters. The van der Waals surface area contributed by atoms with E-state index in [0.717, 1.165) is 12.8 Å². The van der Waals surface area contributed by atoms with Crippen LogP contribution < -0.4 is 29.6 Å². The zero-order valence-electron chi connectivity index (χ0n) is 10.2. The molecule has 0 aliphatic heterocycles. The van der Waals surface area contributed by atoms with Gasteiger partial charge in [0.25, 0.3) is 0 Å². The number of hydrogen-bond donors (Lipinski definition) is 1. The maximum Gasteiger partial charge on any atom is 1.00 e. The molecule has 6 heteroatoms. The van der Waals surface area contributed by atoms with Crippen LogP contribution in [0, 0.1) is 11.8 Å². The van der Waals surface area contributed by atoms with E-state index in [4.69, 9.17) is 0 Å². The van der Waals surface area contributed by atoms with Gasteiger partial charge in [0.15, 0.2) is 0 Å². The summed E-state index contributed by atoms with van der Waals surface area (Å²) < 4.78 is 32.9. The minimum Gasteiger partial charge on any atom is -0.748 e. The Morgan fingerprint density at radius 2 is 1.56 bits per heavy atom. The topological polar surface area (TPSA) is 77.4 Å². The van der Waals surface area contributed by atoms with Crippen LogP contribution >= 0.6 is 0 Å². The van der Waals surface area contributed by atoms with Crippen molar-refractivity contribution in [2.24, 2.45) is 11.8 Å². The molecule has 1 fully saturated rings. The molecule has 0 saturated heterocycles. The molecule has 4 nitrogen and oxygen atoms in total. The van der Waals surface area contributed by atoms with Crippen molar-refractivity contribution >= 4 is 10.1 Å². The Hall–Kier alpha value is 0.870. The molecular weight excluding hydrogens is 239 g/mol. The Balaban J connectivity index is 0.00000225.